The zero-order chi connectivity index (χ0) is 21.6. The van der Waals surface area contributed by atoms with Gasteiger partial charge in [-0.05, 0) is 47.9 Å². The second-order valence-electron chi connectivity index (χ2n) is 7.89. The fourth-order valence-electron chi connectivity index (χ4n) is 4.36. The van der Waals surface area contributed by atoms with Crippen molar-refractivity contribution in [2.75, 3.05) is 27.3 Å². The third kappa shape index (κ3) is 5.06. The maximum absolute atomic E-state index is 14.4. The second-order valence-corrected chi connectivity index (χ2v) is 7.89. The zero-order valence-electron chi connectivity index (χ0n) is 18.1. The highest BCUT2D eigenvalue weighted by Crippen LogP contribution is 2.34. The Labute approximate surface area is 183 Å². The summed E-state index contributed by atoms with van der Waals surface area (Å²) in [5, 5.41) is 0. The van der Waals surface area contributed by atoms with E-state index in [0.29, 0.717) is 6.54 Å². The summed E-state index contributed by atoms with van der Waals surface area (Å²) in [6.07, 6.45) is 1.05. The third-order valence-corrected chi connectivity index (χ3v) is 5.83. The van der Waals surface area contributed by atoms with Crippen molar-refractivity contribution in [1.29, 1.82) is 0 Å². The molecule has 0 N–H and O–H groups in total. The van der Waals surface area contributed by atoms with Gasteiger partial charge >= 0.3 is 0 Å². The van der Waals surface area contributed by atoms with Gasteiger partial charge in [0, 0.05) is 31.7 Å². The van der Waals surface area contributed by atoms with Crippen molar-refractivity contribution < 1.29 is 13.9 Å². The molecule has 0 bridgehead atoms. The van der Waals surface area contributed by atoms with E-state index in [4.69, 9.17) is 9.47 Å². The van der Waals surface area contributed by atoms with E-state index in [1.54, 1.807) is 20.3 Å². The monoisotopic (exact) mass is 420 g/mol. The van der Waals surface area contributed by atoms with Crippen LogP contribution in [0.3, 0.4) is 0 Å². The first-order valence-corrected chi connectivity index (χ1v) is 10.7. The number of rotatable bonds is 7. The molecule has 1 aliphatic rings. The summed E-state index contributed by atoms with van der Waals surface area (Å²) < 4.78 is 25.3. The molecule has 0 spiro atoms. The minimum absolute atomic E-state index is 0.0228. The van der Waals surface area contributed by atoms with Crippen LogP contribution in [0.15, 0.2) is 72.8 Å². The predicted octanol–water partition coefficient (Wildman–Crippen LogP) is 5.25. The Bertz CT molecular complexity index is 1010. The van der Waals surface area contributed by atoms with Crippen LogP contribution in [0.1, 0.15) is 29.3 Å². The number of hydrogen-bond donors (Lipinski definition) is 0. The molecule has 0 amide bonds. The zero-order valence-corrected chi connectivity index (χ0v) is 18.1. The lowest BCUT2D eigenvalue weighted by atomic mass is 10.0. The average Bonchev–Trinajstić information content (AvgIpc) is 2.81. The summed E-state index contributed by atoms with van der Waals surface area (Å²) in [4.78, 5) is 4.81. The highest BCUT2D eigenvalue weighted by molar-refractivity contribution is 5.32. The second kappa shape index (κ2) is 9.94. The van der Waals surface area contributed by atoms with E-state index in [0.717, 1.165) is 48.7 Å². The molecule has 0 aromatic heterocycles. The summed E-state index contributed by atoms with van der Waals surface area (Å²) in [6, 6.07) is 23.4. The van der Waals surface area contributed by atoms with Crippen LogP contribution >= 0.6 is 0 Å². The summed E-state index contributed by atoms with van der Waals surface area (Å²) in [5.74, 6) is 1.53. The molecule has 1 aliphatic heterocycles. The lowest BCUT2D eigenvalue weighted by Gasteiger charge is -2.44. The minimum Gasteiger partial charge on any atom is -0.497 e. The summed E-state index contributed by atoms with van der Waals surface area (Å²) >= 11 is 0. The Morgan fingerprint density at radius 3 is 2.23 bits per heavy atom. The van der Waals surface area contributed by atoms with Crippen molar-refractivity contribution in [1.82, 2.24) is 9.80 Å². The Balaban J connectivity index is 1.67. The fraction of sp³-hybridized carbons (Fsp3) is 0.308. The summed E-state index contributed by atoms with van der Waals surface area (Å²) in [7, 11) is 3.38. The fourth-order valence-corrected chi connectivity index (χ4v) is 4.36. The Morgan fingerprint density at radius 2 is 1.48 bits per heavy atom. The van der Waals surface area contributed by atoms with Gasteiger partial charge in [-0.1, -0.05) is 42.5 Å². The maximum atomic E-state index is 14.4. The molecule has 0 radical (unpaired) electrons. The molecule has 1 unspecified atom stereocenters. The molecule has 5 heteroatoms. The number of halogens is 1. The van der Waals surface area contributed by atoms with E-state index in [9.17, 15) is 4.39 Å². The number of hydrogen-bond acceptors (Lipinski definition) is 4. The van der Waals surface area contributed by atoms with Crippen LogP contribution in [-0.4, -0.2) is 37.1 Å². The largest absolute Gasteiger partial charge is 0.497 e. The SMILES string of the molecule is COc1cccc(CN2CCCN(Cc3ccccc3F)C2c2cccc(OC)c2)c1. The molecule has 0 aliphatic carbocycles. The Kier molecular flexibility index (Phi) is 6.85. The van der Waals surface area contributed by atoms with Gasteiger partial charge in [0.05, 0.1) is 20.4 Å². The lowest BCUT2D eigenvalue weighted by Crippen LogP contribution is -2.47. The molecule has 1 saturated heterocycles. The third-order valence-electron chi connectivity index (χ3n) is 5.83. The summed E-state index contributed by atoms with van der Waals surface area (Å²) in [6.45, 7) is 3.22. The van der Waals surface area contributed by atoms with Gasteiger partial charge in [-0.25, -0.2) is 4.39 Å². The number of benzene rings is 3. The van der Waals surface area contributed by atoms with Crippen molar-refractivity contribution >= 4 is 0 Å². The van der Waals surface area contributed by atoms with Gasteiger partial charge < -0.3 is 9.47 Å². The van der Waals surface area contributed by atoms with Gasteiger partial charge in [0.1, 0.15) is 17.3 Å². The van der Waals surface area contributed by atoms with Crippen LogP contribution in [0.4, 0.5) is 4.39 Å². The van der Waals surface area contributed by atoms with E-state index < -0.39 is 0 Å². The lowest BCUT2D eigenvalue weighted by molar-refractivity contribution is -0.00976. The van der Waals surface area contributed by atoms with Crippen LogP contribution in [0, 0.1) is 5.82 Å². The molecule has 4 nitrogen and oxygen atoms in total. The van der Waals surface area contributed by atoms with Crippen molar-refractivity contribution in [3.05, 3.63) is 95.3 Å². The maximum Gasteiger partial charge on any atom is 0.127 e. The molecule has 0 saturated carbocycles. The summed E-state index contributed by atoms with van der Waals surface area (Å²) in [5.41, 5.74) is 3.07. The molecule has 3 aromatic carbocycles. The number of methoxy groups -OCH3 is 2. The van der Waals surface area contributed by atoms with Crippen molar-refractivity contribution in [3.63, 3.8) is 0 Å². The van der Waals surface area contributed by atoms with Gasteiger partial charge in [0.15, 0.2) is 0 Å². The van der Waals surface area contributed by atoms with Crippen molar-refractivity contribution in [3.8, 4) is 11.5 Å². The van der Waals surface area contributed by atoms with Gasteiger partial charge in [-0.15, -0.1) is 0 Å². The molecular formula is C26H29FN2O2. The van der Waals surface area contributed by atoms with Gasteiger partial charge in [-0.3, -0.25) is 9.80 Å². The predicted molar refractivity (Wildman–Crippen MR) is 121 cm³/mol. The highest BCUT2D eigenvalue weighted by Gasteiger charge is 2.31. The molecule has 1 atom stereocenters. The quantitative estimate of drug-likeness (QED) is 0.521. The van der Waals surface area contributed by atoms with E-state index >= 15 is 0 Å². The average molecular weight is 421 g/mol. The Morgan fingerprint density at radius 1 is 0.806 bits per heavy atom. The van der Waals surface area contributed by atoms with E-state index in [2.05, 4.69) is 34.1 Å². The van der Waals surface area contributed by atoms with Gasteiger partial charge in [0.2, 0.25) is 0 Å². The van der Waals surface area contributed by atoms with E-state index in [1.165, 1.54) is 11.6 Å². The first kappa shape index (κ1) is 21.3. The standard InChI is InChI=1S/C26H29FN2O2/c1-30-23-11-5-8-20(16-23)18-28-14-7-15-29(19-22-9-3-4-13-25(22)27)26(28)21-10-6-12-24(17-21)31-2/h3-6,8-13,16-17,26H,7,14-15,18-19H2,1-2H3. The molecular weight excluding hydrogens is 391 g/mol. The highest BCUT2D eigenvalue weighted by atomic mass is 19.1. The first-order valence-electron chi connectivity index (χ1n) is 10.7. The van der Waals surface area contributed by atoms with Crippen LogP contribution in [0.2, 0.25) is 0 Å². The molecule has 162 valence electrons. The first-order chi connectivity index (χ1) is 15.2. The van der Waals surface area contributed by atoms with E-state index in [-0.39, 0.29) is 12.0 Å². The van der Waals surface area contributed by atoms with Crippen LogP contribution < -0.4 is 9.47 Å². The number of ether oxygens (including phenoxy) is 2. The molecule has 4 rings (SSSR count). The van der Waals surface area contributed by atoms with Crippen LogP contribution in [0.5, 0.6) is 11.5 Å². The van der Waals surface area contributed by atoms with E-state index in [1.807, 2.05) is 36.4 Å². The van der Waals surface area contributed by atoms with Crippen molar-refractivity contribution in [2.45, 2.75) is 25.7 Å². The van der Waals surface area contributed by atoms with Crippen LogP contribution in [-0.2, 0) is 13.1 Å². The molecule has 1 fully saturated rings. The van der Waals surface area contributed by atoms with Crippen LogP contribution in [0.25, 0.3) is 0 Å². The Hall–Kier alpha value is -2.89. The molecule has 3 aromatic rings. The van der Waals surface area contributed by atoms with Gasteiger partial charge in [-0.2, -0.15) is 0 Å². The van der Waals surface area contributed by atoms with Gasteiger partial charge in [0.25, 0.3) is 0 Å². The number of nitrogens with zero attached hydrogens (tertiary/aromatic N) is 2. The smallest absolute Gasteiger partial charge is 0.127 e. The topological polar surface area (TPSA) is 24.9 Å². The normalized spacial score (nSPS) is 17.5. The molecule has 1 heterocycles. The molecule has 31 heavy (non-hydrogen) atoms. The minimum atomic E-state index is -0.156. The van der Waals surface area contributed by atoms with Crippen molar-refractivity contribution in [2.24, 2.45) is 0 Å².